The Morgan fingerprint density at radius 3 is 1.93 bits per heavy atom. The molecule has 3 fully saturated rings. The average molecular weight is 193 g/mol. The molecule has 0 aliphatic heterocycles. The summed E-state index contributed by atoms with van der Waals surface area (Å²) in [5.41, 5.74) is 7.62. The van der Waals surface area contributed by atoms with Crippen molar-refractivity contribution in [2.24, 2.45) is 22.5 Å². The highest BCUT2D eigenvalue weighted by atomic mass is 14.8. The minimum atomic E-state index is 0.528. The third kappa shape index (κ3) is 0.997. The van der Waals surface area contributed by atoms with Gasteiger partial charge in [-0.1, -0.05) is 19.8 Å². The molecule has 0 saturated heterocycles. The van der Waals surface area contributed by atoms with Gasteiger partial charge >= 0.3 is 0 Å². The number of hydrogen-bond donors (Lipinski definition) is 1. The first-order valence-electron chi connectivity index (χ1n) is 6.41. The smallest absolute Gasteiger partial charge is 0.00498 e. The van der Waals surface area contributed by atoms with Crippen LogP contribution in [0, 0.1) is 16.7 Å². The van der Waals surface area contributed by atoms with Crippen LogP contribution in [0.5, 0.6) is 0 Å². The lowest BCUT2D eigenvalue weighted by molar-refractivity contribution is 0.0520. The second-order valence-corrected chi connectivity index (χ2v) is 6.45. The van der Waals surface area contributed by atoms with Gasteiger partial charge in [0, 0.05) is 6.04 Å². The predicted octanol–water partition coefficient (Wildman–Crippen LogP) is 3.08. The summed E-state index contributed by atoms with van der Waals surface area (Å²) in [5, 5.41) is 0. The molecule has 80 valence electrons. The molecule has 2 N–H and O–H groups in total. The summed E-state index contributed by atoms with van der Waals surface area (Å²) >= 11 is 0. The Balaban J connectivity index is 1.98. The van der Waals surface area contributed by atoms with Crippen LogP contribution in [-0.4, -0.2) is 6.04 Å². The number of nitrogens with two attached hydrogens (primary N) is 1. The third-order valence-corrected chi connectivity index (χ3v) is 5.47. The Kier molecular flexibility index (Phi) is 1.81. The molecule has 0 aromatic rings. The van der Waals surface area contributed by atoms with Crippen LogP contribution < -0.4 is 5.73 Å². The Morgan fingerprint density at radius 1 is 0.929 bits per heavy atom. The van der Waals surface area contributed by atoms with Crippen LogP contribution in [-0.2, 0) is 0 Å². The molecule has 0 heterocycles. The zero-order chi connectivity index (χ0) is 9.81. The van der Waals surface area contributed by atoms with Gasteiger partial charge in [-0.05, 0) is 55.3 Å². The Hall–Kier alpha value is -0.0400. The van der Waals surface area contributed by atoms with Crippen molar-refractivity contribution >= 4 is 0 Å². The van der Waals surface area contributed by atoms with E-state index < -0.39 is 0 Å². The Labute approximate surface area is 87.4 Å². The molecule has 1 nitrogen and oxygen atoms in total. The van der Waals surface area contributed by atoms with Crippen LogP contribution in [0.25, 0.3) is 0 Å². The van der Waals surface area contributed by atoms with Gasteiger partial charge in [-0.15, -0.1) is 0 Å². The SMILES string of the molecule is CC1CC23CCCCC2(C1)CC(N)C3. The van der Waals surface area contributed by atoms with Gasteiger partial charge < -0.3 is 5.73 Å². The van der Waals surface area contributed by atoms with E-state index in [2.05, 4.69) is 6.92 Å². The first kappa shape index (κ1) is 9.21. The van der Waals surface area contributed by atoms with Crippen molar-refractivity contribution < 1.29 is 0 Å². The lowest BCUT2D eigenvalue weighted by atomic mass is 9.60. The molecular formula is C13H23N. The predicted molar refractivity (Wildman–Crippen MR) is 58.9 cm³/mol. The van der Waals surface area contributed by atoms with Gasteiger partial charge in [-0.25, -0.2) is 0 Å². The fourth-order valence-corrected chi connectivity index (χ4v) is 5.38. The average Bonchev–Trinajstić information content (AvgIpc) is 2.49. The fourth-order valence-electron chi connectivity index (χ4n) is 5.38. The van der Waals surface area contributed by atoms with E-state index in [9.17, 15) is 0 Å². The molecule has 0 aromatic carbocycles. The topological polar surface area (TPSA) is 26.0 Å². The second kappa shape index (κ2) is 2.75. The van der Waals surface area contributed by atoms with Crippen molar-refractivity contribution in [3.8, 4) is 0 Å². The van der Waals surface area contributed by atoms with Gasteiger partial charge in [-0.3, -0.25) is 0 Å². The van der Waals surface area contributed by atoms with E-state index in [1.165, 1.54) is 51.4 Å². The van der Waals surface area contributed by atoms with Gasteiger partial charge in [-0.2, -0.15) is 0 Å². The van der Waals surface area contributed by atoms with Gasteiger partial charge in [0.05, 0.1) is 0 Å². The van der Waals surface area contributed by atoms with Gasteiger partial charge in [0.15, 0.2) is 0 Å². The van der Waals surface area contributed by atoms with E-state index in [0.29, 0.717) is 16.9 Å². The fraction of sp³-hybridized carbons (Fsp3) is 1.00. The summed E-state index contributed by atoms with van der Waals surface area (Å²) < 4.78 is 0. The summed E-state index contributed by atoms with van der Waals surface area (Å²) in [7, 11) is 0. The molecule has 0 amide bonds. The molecule has 0 radical (unpaired) electrons. The molecule has 1 heteroatoms. The normalized spacial score (nSPS) is 57.0. The Morgan fingerprint density at radius 2 is 1.43 bits per heavy atom. The molecule has 0 aromatic heterocycles. The van der Waals surface area contributed by atoms with E-state index >= 15 is 0 Å². The molecule has 2 atom stereocenters. The second-order valence-electron chi connectivity index (χ2n) is 6.45. The quantitative estimate of drug-likeness (QED) is 0.628. The summed E-state index contributed by atoms with van der Waals surface area (Å²) in [4.78, 5) is 0. The highest BCUT2D eigenvalue weighted by Gasteiger charge is 2.61. The summed E-state index contributed by atoms with van der Waals surface area (Å²) in [6, 6.07) is 0.528. The highest BCUT2D eigenvalue weighted by molar-refractivity contribution is 5.13. The number of rotatable bonds is 0. The lowest BCUT2D eigenvalue weighted by Gasteiger charge is -2.45. The van der Waals surface area contributed by atoms with Crippen molar-refractivity contribution in [1.29, 1.82) is 0 Å². The summed E-state index contributed by atoms with van der Waals surface area (Å²) in [6.07, 6.45) is 11.6. The van der Waals surface area contributed by atoms with Crippen LogP contribution in [0.3, 0.4) is 0 Å². The molecule has 3 saturated carbocycles. The maximum atomic E-state index is 6.22. The molecule has 3 aliphatic rings. The molecule has 0 spiro atoms. The lowest BCUT2D eigenvalue weighted by Crippen LogP contribution is -2.35. The standard InChI is InChI=1S/C13H23N/c1-10-6-12-4-2-3-5-13(12,7-10)9-11(14)8-12/h10-11H,2-9,14H2,1H3. The summed E-state index contributed by atoms with van der Waals surface area (Å²) in [6.45, 7) is 2.46. The largest absolute Gasteiger partial charge is 0.328 e. The van der Waals surface area contributed by atoms with Crippen LogP contribution >= 0.6 is 0 Å². The minimum Gasteiger partial charge on any atom is -0.328 e. The van der Waals surface area contributed by atoms with Crippen molar-refractivity contribution in [2.45, 2.75) is 64.3 Å². The zero-order valence-electron chi connectivity index (χ0n) is 9.39. The zero-order valence-corrected chi connectivity index (χ0v) is 9.39. The maximum absolute atomic E-state index is 6.22. The van der Waals surface area contributed by atoms with E-state index in [4.69, 9.17) is 5.73 Å². The summed E-state index contributed by atoms with van der Waals surface area (Å²) in [5.74, 6) is 0.973. The van der Waals surface area contributed by atoms with Crippen LogP contribution in [0.1, 0.15) is 58.3 Å². The molecule has 2 unspecified atom stereocenters. The first-order chi connectivity index (χ1) is 6.66. The molecule has 0 bridgehead atoms. The molecule has 3 aliphatic carbocycles. The third-order valence-electron chi connectivity index (χ3n) is 5.47. The van der Waals surface area contributed by atoms with Gasteiger partial charge in [0.25, 0.3) is 0 Å². The van der Waals surface area contributed by atoms with Crippen molar-refractivity contribution in [3.05, 3.63) is 0 Å². The monoisotopic (exact) mass is 193 g/mol. The van der Waals surface area contributed by atoms with E-state index in [0.717, 1.165) is 5.92 Å². The molecule has 14 heavy (non-hydrogen) atoms. The van der Waals surface area contributed by atoms with Gasteiger partial charge in [0.2, 0.25) is 0 Å². The number of hydrogen-bond acceptors (Lipinski definition) is 1. The van der Waals surface area contributed by atoms with E-state index in [-0.39, 0.29) is 0 Å². The van der Waals surface area contributed by atoms with Crippen LogP contribution in [0.4, 0.5) is 0 Å². The maximum Gasteiger partial charge on any atom is 0.00498 e. The van der Waals surface area contributed by atoms with Crippen molar-refractivity contribution in [1.82, 2.24) is 0 Å². The Bertz CT molecular complexity index is 208. The van der Waals surface area contributed by atoms with E-state index in [1.54, 1.807) is 0 Å². The minimum absolute atomic E-state index is 0.528. The van der Waals surface area contributed by atoms with Gasteiger partial charge in [0.1, 0.15) is 0 Å². The molecular weight excluding hydrogens is 170 g/mol. The van der Waals surface area contributed by atoms with Crippen molar-refractivity contribution in [2.75, 3.05) is 0 Å². The molecule has 3 rings (SSSR count). The van der Waals surface area contributed by atoms with Crippen molar-refractivity contribution in [3.63, 3.8) is 0 Å². The van der Waals surface area contributed by atoms with E-state index in [1.807, 2.05) is 0 Å². The van der Waals surface area contributed by atoms with Crippen LogP contribution in [0.15, 0.2) is 0 Å². The highest BCUT2D eigenvalue weighted by Crippen LogP contribution is 2.70. The van der Waals surface area contributed by atoms with Crippen LogP contribution in [0.2, 0.25) is 0 Å². The first-order valence-corrected chi connectivity index (χ1v) is 6.41.